The number of hydrogen-bond acceptors (Lipinski definition) is 2. The van der Waals surface area contributed by atoms with Gasteiger partial charge < -0.3 is 10.2 Å². The number of carbonyl (C=O) groups excluding carboxylic acids is 2. The van der Waals surface area contributed by atoms with E-state index in [0.717, 1.165) is 17.7 Å². The summed E-state index contributed by atoms with van der Waals surface area (Å²) in [6, 6.07) is 9.96. The average molecular weight is 385 g/mol. The molecule has 0 bridgehead atoms. The molecule has 0 spiro atoms. The van der Waals surface area contributed by atoms with Crippen molar-refractivity contribution >= 4 is 34.8 Å². The van der Waals surface area contributed by atoms with Gasteiger partial charge in [0.25, 0.3) is 0 Å². The third-order valence-electron chi connectivity index (χ3n) is 3.56. The second-order valence-electron chi connectivity index (χ2n) is 5.68. The largest absolute Gasteiger partial charge is 0.418 e. The predicted molar refractivity (Wildman–Crippen MR) is 94.3 cm³/mol. The zero-order valence-corrected chi connectivity index (χ0v) is 14.8. The number of hydrogen-bond donors (Lipinski definition) is 1. The highest BCUT2D eigenvalue weighted by Crippen LogP contribution is 2.36. The summed E-state index contributed by atoms with van der Waals surface area (Å²) in [7, 11) is 0. The van der Waals surface area contributed by atoms with Gasteiger partial charge in [0.2, 0.25) is 11.8 Å². The summed E-state index contributed by atoms with van der Waals surface area (Å²) in [6.07, 6.45) is -4.68. The molecule has 0 saturated carbocycles. The van der Waals surface area contributed by atoms with Crippen molar-refractivity contribution in [2.24, 2.45) is 0 Å². The first kappa shape index (κ1) is 19.8. The van der Waals surface area contributed by atoms with Crippen molar-refractivity contribution in [2.75, 3.05) is 16.8 Å². The van der Waals surface area contributed by atoms with Gasteiger partial charge in [0.15, 0.2) is 0 Å². The smallest absolute Gasteiger partial charge is 0.324 e. The number of benzene rings is 2. The first-order valence-corrected chi connectivity index (χ1v) is 7.97. The second kappa shape index (κ2) is 7.78. The third-order valence-corrected chi connectivity index (χ3v) is 3.79. The van der Waals surface area contributed by atoms with Gasteiger partial charge in [0.05, 0.1) is 11.3 Å². The van der Waals surface area contributed by atoms with E-state index in [9.17, 15) is 22.8 Å². The quantitative estimate of drug-likeness (QED) is 0.833. The molecule has 2 aromatic rings. The SMILES string of the molecule is CC(=O)N(CC(=O)Nc1ccc(Cl)cc1C(F)(F)F)c1cccc(C)c1. The Morgan fingerprint density at radius 1 is 1.15 bits per heavy atom. The van der Waals surface area contributed by atoms with Crippen molar-refractivity contribution in [3.8, 4) is 0 Å². The number of rotatable bonds is 4. The van der Waals surface area contributed by atoms with Crippen molar-refractivity contribution in [3.63, 3.8) is 0 Å². The Balaban J connectivity index is 2.23. The van der Waals surface area contributed by atoms with Gasteiger partial charge in [0, 0.05) is 17.6 Å². The van der Waals surface area contributed by atoms with E-state index in [0.29, 0.717) is 5.69 Å². The first-order chi connectivity index (χ1) is 12.1. The lowest BCUT2D eigenvalue weighted by Crippen LogP contribution is -2.37. The van der Waals surface area contributed by atoms with Crippen molar-refractivity contribution in [2.45, 2.75) is 20.0 Å². The maximum Gasteiger partial charge on any atom is 0.418 e. The minimum absolute atomic E-state index is 0.0968. The molecule has 0 saturated heterocycles. The van der Waals surface area contributed by atoms with Crippen LogP contribution in [0.5, 0.6) is 0 Å². The topological polar surface area (TPSA) is 49.4 Å². The van der Waals surface area contributed by atoms with Crippen LogP contribution in [0, 0.1) is 6.92 Å². The minimum atomic E-state index is -4.68. The Kier molecular flexibility index (Phi) is 5.92. The summed E-state index contributed by atoms with van der Waals surface area (Å²) in [4.78, 5) is 25.3. The Morgan fingerprint density at radius 3 is 2.42 bits per heavy atom. The number of alkyl halides is 3. The molecule has 138 valence electrons. The van der Waals surface area contributed by atoms with Crippen LogP contribution in [0.4, 0.5) is 24.5 Å². The molecule has 2 aromatic carbocycles. The molecule has 0 fully saturated rings. The third kappa shape index (κ3) is 4.98. The summed E-state index contributed by atoms with van der Waals surface area (Å²) >= 11 is 5.61. The lowest BCUT2D eigenvalue weighted by molar-refractivity contribution is -0.137. The molecular weight excluding hydrogens is 369 g/mol. The molecule has 0 aliphatic carbocycles. The molecule has 1 N–H and O–H groups in total. The lowest BCUT2D eigenvalue weighted by atomic mass is 10.1. The van der Waals surface area contributed by atoms with E-state index >= 15 is 0 Å². The van der Waals surface area contributed by atoms with Crippen molar-refractivity contribution < 1.29 is 22.8 Å². The lowest BCUT2D eigenvalue weighted by Gasteiger charge is -2.22. The molecule has 2 amide bonds. The Hall–Kier alpha value is -2.54. The van der Waals surface area contributed by atoms with Crippen LogP contribution >= 0.6 is 11.6 Å². The first-order valence-electron chi connectivity index (χ1n) is 7.59. The van der Waals surface area contributed by atoms with E-state index in [2.05, 4.69) is 5.32 Å². The van der Waals surface area contributed by atoms with Crippen LogP contribution < -0.4 is 10.2 Å². The molecular formula is C18H16ClF3N2O2. The van der Waals surface area contributed by atoms with Crippen LogP contribution in [-0.2, 0) is 15.8 Å². The van der Waals surface area contributed by atoms with E-state index in [1.54, 1.807) is 18.2 Å². The van der Waals surface area contributed by atoms with Gasteiger partial charge in [0.1, 0.15) is 6.54 Å². The number of carbonyl (C=O) groups is 2. The van der Waals surface area contributed by atoms with E-state index in [4.69, 9.17) is 11.6 Å². The second-order valence-corrected chi connectivity index (χ2v) is 6.12. The Morgan fingerprint density at radius 2 is 1.85 bits per heavy atom. The predicted octanol–water partition coefficient (Wildman–Crippen LogP) is 4.66. The molecule has 0 radical (unpaired) electrons. The molecule has 8 heteroatoms. The van der Waals surface area contributed by atoms with Crippen LogP contribution in [0.25, 0.3) is 0 Å². The molecule has 0 aliphatic rings. The standard InChI is InChI=1S/C18H16ClF3N2O2/c1-11-4-3-5-14(8-11)24(12(2)25)10-17(26)23-16-7-6-13(19)9-15(16)18(20,21)22/h3-9H,10H2,1-2H3,(H,23,26). The summed E-state index contributed by atoms with van der Waals surface area (Å²) < 4.78 is 39.3. The summed E-state index contributed by atoms with van der Waals surface area (Å²) in [6.45, 7) is 2.68. The normalized spacial score (nSPS) is 11.2. The fraction of sp³-hybridized carbons (Fsp3) is 0.222. The van der Waals surface area contributed by atoms with Crippen LogP contribution in [0.15, 0.2) is 42.5 Å². The number of anilines is 2. The number of halogens is 4. The maximum absolute atomic E-state index is 13.1. The van der Waals surface area contributed by atoms with Crippen molar-refractivity contribution in [1.82, 2.24) is 0 Å². The highest BCUT2D eigenvalue weighted by molar-refractivity contribution is 6.30. The summed E-state index contributed by atoms with van der Waals surface area (Å²) in [5.74, 6) is -1.16. The minimum Gasteiger partial charge on any atom is -0.324 e. The zero-order valence-electron chi connectivity index (χ0n) is 14.0. The number of nitrogens with zero attached hydrogens (tertiary/aromatic N) is 1. The van der Waals surface area contributed by atoms with Crippen LogP contribution in [0.3, 0.4) is 0 Å². The molecule has 4 nitrogen and oxygen atoms in total. The molecule has 0 unspecified atom stereocenters. The van der Waals surface area contributed by atoms with E-state index in [1.807, 2.05) is 13.0 Å². The molecule has 0 aliphatic heterocycles. The number of nitrogens with one attached hydrogen (secondary N) is 1. The van der Waals surface area contributed by atoms with E-state index < -0.39 is 35.8 Å². The van der Waals surface area contributed by atoms with E-state index in [1.165, 1.54) is 17.9 Å². The van der Waals surface area contributed by atoms with Gasteiger partial charge >= 0.3 is 6.18 Å². The molecule has 0 heterocycles. The highest BCUT2D eigenvalue weighted by Gasteiger charge is 2.34. The Labute approximate surface area is 153 Å². The number of amides is 2. The fourth-order valence-corrected chi connectivity index (χ4v) is 2.55. The van der Waals surface area contributed by atoms with Gasteiger partial charge in [-0.15, -0.1) is 0 Å². The molecule has 2 rings (SSSR count). The monoisotopic (exact) mass is 384 g/mol. The summed E-state index contributed by atoms with van der Waals surface area (Å²) in [5, 5.41) is 2.11. The van der Waals surface area contributed by atoms with Crippen LogP contribution in [0.2, 0.25) is 5.02 Å². The van der Waals surface area contributed by atoms with E-state index in [-0.39, 0.29) is 5.02 Å². The van der Waals surface area contributed by atoms with Crippen LogP contribution in [-0.4, -0.2) is 18.4 Å². The maximum atomic E-state index is 13.1. The van der Waals surface area contributed by atoms with Gasteiger partial charge in [-0.25, -0.2) is 0 Å². The van der Waals surface area contributed by atoms with Crippen LogP contribution in [0.1, 0.15) is 18.1 Å². The average Bonchev–Trinajstić information content (AvgIpc) is 2.53. The zero-order chi connectivity index (χ0) is 19.5. The van der Waals surface area contributed by atoms with Crippen molar-refractivity contribution in [1.29, 1.82) is 0 Å². The van der Waals surface area contributed by atoms with Gasteiger partial charge in [-0.05, 0) is 42.8 Å². The van der Waals surface area contributed by atoms with Crippen molar-refractivity contribution in [3.05, 3.63) is 58.6 Å². The molecule has 0 aromatic heterocycles. The summed E-state index contributed by atoms with van der Waals surface area (Å²) in [5.41, 5.74) is -0.103. The van der Waals surface area contributed by atoms with Gasteiger partial charge in [-0.1, -0.05) is 23.7 Å². The van der Waals surface area contributed by atoms with Gasteiger partial charge in [-0.3, -0.25) is 9.59 Å². The number of aryl methyl sites for hydroxylation is 1. The molecule has 26 heavy (non-hydrogen) atoms. The Bertz CT molecular complexity index is 837. The fourth-order valence-electron chi connectivity index (χ4n) is 2.37. The molecule has 0 atom stereocenters. The van der Waals surface area contributed by atoms with Gasteiger partial charge in [-0.2, -0.15) is 13.2 Å². The highest BCUT2D eigenvalue weighted by atomic mass is 35.5.